The van der Waals surface area contributed by atoms with Crippen LogP contribution in [0.5, 0.6) is 0 Å². The lowest BCUT2D eigenvalue weighted by molar-refractivity contribution is -0.136. The van der Waals surface area contributed by atoms with Crippen LogP contribution >= 0.6 is 0 Å². The van der Waals surface area contributed by atoms with Crippen molar-refractivity contribution in [1.29, 1.82) is 0 Å². The molecule has 0 radical (unpaired) electrons. The maximum Gasteiger partial charge on any atom is 0.337 e. The van der Waals surface area contributed by atoms with Gasteiger partial charge in [0.1, 0.15) is 11.5 Å². The van der Waals surface area contributed by atoms with E-state index in [0.717, 1.165) is 23.3 Å². The number of fused-ring (bicyclic) bond motifs is 1. The van der Waals surface area contributed by atoms with E-state index in [1.807, 2.05) is 37.3 Å². The number of methoxy groups -OCH3 is 1. The highest BCUT2D eigenvalue weighted by atomic mass is 16.5. The van der Waals surface area contributed by atoms with Crippen LogP contribution in [0, 0.1) is 5.92 Å². The molecule has 1 aliphatic heterocycles. The summed E-state index contributed by atoms with van der Waals surface area (Å²) in [5, 5.41) is 10.3. The number of rotatable bonds is 3. The molecule has 0 bridgehead atoms. The molecule has 0 aromatic heterocycles. The Morgan fingerprint density at radius 2 is 2.10 bits per heavy atom. The maximum absolute atomic E-state index is 11.7. The first kappa shape index (κ1) is 13.7. The van der Waals surface area contributed by atoms with E-state index in [4.69, 9.17) is 9.47 Å². The first-order valence-corrected chi connectivity index (χ1v) is 7.12. The van der Waals surface area contributed by atoms with Crippen LogP contribution in [0.1, 0.15) is 25.3 Å². The number of allylic oxidation sites excluding steroid dienone is 1. The molecular formula is C17H18O4. The number of benzene rings is 1. The summed E-state index contributed by atoms with van der Waals surface area (Å²) in [4.78, 5) is 11.7. The van der Waals surface area contributed by atoms with E-state index in [9.17, 15) is 9.90 Å². The van der Waals surface area contributed by atoms with E-state index in [0.29, 0.717) is 12.0 Å². The molecule has 1 heterocycles. The Kier molecular flexibility index (Phi) is 3.45. The van der Waals surface area contributed by atoms with Gasteiger partial charge in [0.15, 0.2) is 6.10 Å². The summed E-state index contributed by atoms with van der Waals surface area (Å²) >= 11 is 0. The van der Waals surface area contributed by atoms with Crippen molar-refractivity contribution in [1.82, 2.24) is 0 Å². The number of hydrogen-bond acceptors (Lipinski definition) is 4. The quantitative estimate of drug-likeness (QED) is 0.867. The predicted octanol–water partition coefficient (Wildman–Crippen LogP) is 3.21. The van der Waals surface area contributed by atoms with Crippen LogP contribution in [-0.2, 0) is 14.3 Å². The second kappa shape index (κ2) is 5.28. The lowest BCUT2D eigenvalue weighted by Gasteiger charge is -2.12. The molecule has 3 rings (SSSR count). The molecule has 21 heavy (non-hydrogen) atoms. The highest BCUT2D eigenvalue weighted by Crippen LogP contribution is 2.49. The predicted molar refractivity (Wildman–Crippen MR) is 78.3 cm³/mol. The molecule has 1 N–H and O–H groups in total. The van der Waals surface area contributed by atoms with Crippen molar-refractivity contribution >= 4 is 11.5 Å². The van der Waals surface area contributed by atoms with Crippen LogP contribution in [0.2, 0.25) is 0 Å². The normalized spacial score (nSPS) is 24.1. The molecule has 1 aromatic rings. The van der Waals surface area contributed by atoms with Crippen LogP contribution in [0.15, 0.2) is 47.4 Å². The van der Waals surface area contributed by atoms with E-state index >= 15 is 0 Å². The van der Waals surface area contributed by atoms with Gasteiger partial charge in [-0.2, -0.15) is 0 Å². The van der Waals surface area contributed by atoms with Gasteiger partial charge in [-0.1, -0.05) is 37.3 Å². The third-order valence-corrected chi connectivity index (χ3v) is 4.15. The number of esters is 1. The fourth-order valence-corrected chi connectivity index (χ4v) is 3.19. The number of hydrogen-bond donors (Lipinski definition) is 1. The van der Waals surface area contributed by atoms with Gasteiger partial charge in [0.05, 0.1) is 12.7 Å². The molecule has 1 aromatic carbocycles. The zero-order valence-electron chi connectivity index (χ0n) is 12.1. The van der Waals surface area contributed by atoms with Gasteiger partial charge >= 0.3 is 5.97 Å². The molecule has 0 saturated heterocycles. The second-order valence-corrected chi connectivity index (χ2v) is 5.26. The minimum atomic E-state index is -0.476. The third-order valence-electron chi connectivity index (χ3n) is 4.15. The van der Waals surface area contributed by atoms with Gasteiger partial charge in [0, 0.05) is 17.9 Å². The molecular weight excluding hydrogens is 268 g/mol. The molecule has 110 valence electrons. The second-order valence-electron chi connectivity index (χ2n) is 5.26. The van der Waals surface area contributed by atoms with Gasteiger partial charge in [-0.3, -0.25) is 0 Å². The van der Waals surface area contributed by atoms with E-state index < -0.39 is 12.1 Å². The van der Waals surface area contributed by atoms with Crippen molar-refractivity contribution in [2.45, 2.75) is 25.9 Å². The number of ether oxygens (including phenoxy) is 2. The van der Waals surface area contributed by atoms with Crippen LogP contribution in [-0.4, -0.2) is 24.3 Å². The summed E-state index contributed by atoms with van der Waals surface area (Å²) in [6.45, 7) is 2.03. The first-order valence-electron chi connectivity index (χ1n) is 7.12. The zero-order valence-corrected chi connectivity index (χ0v) is 12.1. The van der Waals surface area contributed by atoms with Gasteiger partial charge in [0.2, 0.25) is 0 Å². The standard InChI is InChI=1S/C17H18O4/c1-3-13-14(10-7-5-4-6-8-10)11-9-12(17(19)20-2)15(18)16(11)21-13/h4-8,11,16,18H,3,9H2,1-2H3/t11-,16+/m0/s1. The molecule has 0 spiro atoms. The Hall–Kier alpha value is -2.23. The topological polar surface area (TPSA) is 55.8 Å². The summed E-state index contributed by atoms with van der Waals surface area (Å²) in [5.41, 5.74) is 2.51. The number of aliphatic hydroxyl groups is 1. The fraction of sp³-hybridized carbons (Fsp3) is 0.353. The lowest BCUT2D eigenvalue weighted by atomic mass is 9.89. The SMILES string of the molecule is CCC1=C(c2ccccc2)[C@@H]2CC(C(=O)OC)=C(O)[C@@H]2O1. The summed E-state index contributed by atoms with van der Waals surface area (Å²) in [5.74, 6) is 0.419. The van der Waals surface area contributed by atoms with Gasteiger partial charge in [-0.05, 0) is 12.0 Å². The number of carbonyl (C=O) groups is 1. The maximum atomic E-state index is 11.7. The molecule has 4 heteroatoms. The Morgan fingerprint density at radius 3 is 2.71 bits per heavy atom. The van der Waals surface area contributed by atoms with Crippen molar-refractivity contribution in [2.75, 3.05) is 7.11 Å². The average Bonchev–Trinajstić information content (AvgIpc) is 3.04. The first-order chi connectivity index (χ1) is 10.2. The number of aliphatic hydroxyl groups excluding tert-OH is 1. The van der Waals surface area contributed by atoms with Crippen LogP contribution < -0.4 is 0 Å². The van der Waals surface area contributed by atoms with Gasteiger partial charge < -0.3 is 14.6 Å². The van der Waals surface area contributed by atoms with E-state index in [-0.39, 0.29) is 11.7 Å². The van der Waals surface area contributed by atoms with Crippen molar-refractivity contribution in [3.8, 4) is 0 Å². The largest absolute Gasteiger partial charge is 0.508 e. The van der Waals surface area contributed by atoms with E-state index in [2.05, 4.69) is 0 Å². The fourth-order valence-electron chi connectivity index (χ4n) is 3.19. The van der Waals surface area contributed by atoms with E-state index in [1.165, 1.54) is 7.11 Å². The molecule has 0 fully saturated rings. The summed E-state index contributed by atoms with van der Waals surface area (Å²) in [7, 11) is 1.32. The van der Waals surface area contributed by atoms with Gasteiger partial charge in [-0.15, -0.1) is 0 Å². The Morgan fingerprint density at radius 1 is 1.38 bits per heavy atom. The third kappa shape index (κ3) is 2.11. The van der Waals surface area contributed by atoms with Crippen LogP contribution in [0.3, 0.4) is 0 Å². The molecule has 4 nitrogen and oxygen atoms in total. The summed E-state index contributed by atoms with van der Waals surface area (Å²) in [6.07, 6.45) is 0.763. The Labute approximate surface area is 123 Å². The van der Waals surface area contributed by atoms with Crippen molar-refractivity contribution in [3.63, 3.8) is 0 Å². The van der Waals surface area contributed by atoms with Gasteiger partial charge in [0.25, 0.3) is 0 Å². The van der Waals surface area contributed by atoms with Crippen LogP contribution in [0.25, 0.3) is 5.57 Å². The smallest absolute Gasteiger partial charge is 0.337 e. The van der Waals surface area contributed by atoms with E-state index in [1.54, 1.807) is 0 Å². The Bertz CT molecular complexity index is 627. The molecule has 1 aliphatic carbocycles. The molecule has 0 unspecified atom stereocenters. The zero-order chi connectivity index (χ0) is 15.0. The molecule has 0 saturated carbocycles. The lowest BCUT2D eigenvalue weighted by Crippen LogP contribution is -2.15. The van der Waals surface area contributed by atoms with Crippen molar-refractivity contribution in [3.05, 3.63) is 53.0 Å². The molecule has 2 aliphatic rings. The molecule has 2 atom stereocenters. The highest BCUT2D eigenvalue weighted by molar-refractivity contribution is 5.91. The van der Waals surface area contributed by atoms with Crippen molar-refractivity contribution < 1.29 is 19.4 Å². The minimum Gasteiger partial charge on any atom is -0.508 e. The van der Waals surface area contributed by atoms with Crippen LogP contribution in [0.4, 0.5) is 0 Å². The summed E-state index contributed by atoms with van der Waals surface area (Å²) < 4.78 is 10.6. The number of carbonyl (C=O) groups excluding carboxylic acids is 1. The monoisotopic (exact) mass is 286 g/mol. The van der Waals surface area contributed by atoms with Gasteiger partial charge in [-0.25, -0.2) is 4.79 Å². The Balaban J connectivity index is 1.98. The molecule has 0 amide bonds. The van der Waals surface area contributed by atoms with Crippen molar-refractivity contribution in [2.24, 2.45) is 5.92 Å². The average molecular weight is 286 g/mol. The highest BCUT2D eigenvalue weighted by Gasteiger charge is 2.47. The summed E-state index contributed by atoms with van der Waals surface area (Å²) in [6, 6.07) is 9.99. The minimum absolute atomic E-state index is 0.0172.